The van der Waals surface area contributed by atoms with Gasteiger partial charge in [0.05, 0.1) is 0 Å². The molecule has 2 rings (SSSR count). The maximum atomic E-state index is 5.80. The summed E-state index contributed by atoms with van der Waals surface area (Å²) in [4.78, 5) is 0. The molecule has 1 aliphatic rings. The number of hydrogen-bond donors (Lipinski definition) is 0. The first-order valence-electron chi connectivity index (χ1n) is 6.58. The molecule has 0 N–H and O–H groups in total. The molecule has 1 heterocycles. The second-order valence-corrected chi connectivity index (χ2v) is 5.24. The first-order valence-corrected chi connectivity index (χ1v) is 6.58. The van der Waals surface area contributed by atoms with Gasteiger partial charge in [-0.05, 0) is 35.9 Å². The minimum absolute atomic E-state index is 0.489. The van der Waals surface area contributed by atoms with E-state index in [1.165, 1.54) is 5.56 Å². The summed E-state index contributed by atoms with van der Waals surface area (Å²) in [5.41, 5.74) is 4.92. The van der Waals surface area contributed by atoms with E-state index in [4.69, 9.17) is 4.74 Å². The Morgan fingerprint density at radius 3 is 2.50 bits per heavy atom. The minimum Gasteiger partial charge on any atom is -0.488 e. The molecule has 102 valence electrons. The van der Waals surface area contributed by atoms with Gasteiger partial charge in [0.15, 0.2) is 0 Å². The van der Waals surface area contributed by atoms with Crippen molar-refractivity contribution >= 4 is 12.2 Å². The monoisotopic (exact) mass is 264 g/mol. The standard InChI is InChI=1S/C19H20O/c1-12(2)9-19-16(6)15(5)18(11-20-19)17-8-7-13(3)10-14(17)4/h7-10H,1,4-6,11H2,2-3H3/b18-17-,19-9+. The summed E-state index contributed by atoms with van der Waals surface area (Å²) in [6, 6.07) is 6.21. The SMILES string of the molecule is C=C(C)/C=C1/OC/C(=c2\ccc(C)cc2=C)C(=C)C1=C. The zero-order valence-corrected chi connectivity index (χ0v) is 12.3. The van der Waals surface area contributed by atoms with E-state index in [2.05, 4.69) is 51.4 Å². The van der Waals surface area contributed by atoms with Crippen LogP contribution in [0.15, 0.2) is 66.5 Å². The van der Waals surface area contributed by atoms with E-state index in [1.807, 2.05) is 13.0 Å². The van der Waals surface area contributed by atoms with Crippen molar-refractivity contribution < 1.29 is 4.74 Å². The Labute approximate surface area is 120 Å². The second kappa shape index (κ2) is 5.38. The lowest BCUT2D eigenvalue weighted by Gasteiger charge is -2.24. The summed E-state index contributed by atoms with van der Waals surface area (Å²) >= 11 is 0. The first-order chi connectivity index (χ1) is 9.40. The normalized spacial score (nSPS) is 20.0. The van der Waals surface area contributed by atoms with E-state index in [0.29, 0.717) is 6.61 Å². The Balaban J connectivity index is 2.54. The van der Waals surface area contributed by atoms with Gasteiger partial charge in [0, 0.05) is 11.1 Å². The van der Waals surface area contributed by atoms with Crippen LogP contribution in [0.5, 0.6) is 0 Å². The molecular formula is C19H20O. The molecule has 0 saturated carbocycles. The lowest BCUT2D eigenvalue weighted by atomic mass is 9.93. The summed E-state index contributed by atoms with van der Waals surface area (Å²) in [5, 5.41) is 2.07. The van der Waals surface area contributed by atoms with Gasteiger partial charge in [-0.1, -0.05) is 55.7 Å². The number of hydrogen-bond acceptors (Lipinski definition) is 1. The van der Waals surface area contributed by atoms with Gasteiger partial charge in [-0.15, -0.1) is 0 Å². The zero-order chi connectivity index (χ0) is 14.9. The zero-order valence-electron chi connectivity index (χ0n) is 12.3. The Kier molecular flexibility index (Phi) is 3.80. The summed E-state index contributed by atoms with van der Waals surface area (Å²) in [6.07, 6.45) is 1.89. The van der Waals surface area contributed by atoms with Crippen LogP contribution in [0.4, 0.5) is 0 Å². The fraction of sp³-hybridized carbons (Fsp3) is 0.158. The van der Waals surface area contributed by atoms with Crippen molar-refractivity contribution in [3.8, 4) is 0 Å². The average Bonchev–Trinajstić information content (AvgIpc) is 2.36. The largest absolute Gasteiger partial charge is 0.488 e. The Morgan fingerprint density at radius 2 is 1.90 bits per heavy atom. The van der Waals surface area contributed by atoms with Gasteiger partial charge >= 0.3 is 0 Å². The molecule has 1 heteroatoms. The van der Waals surface area contributed by atoms with Crippen LogP contribution >= 0.6 is 0 Å². The van der Waals surface area contributed by atoms with Crippen molar-refractivity contribution in [2.24, 2.45) is 0 Å². The predicted molar refractivity (Wildman–Crippen MR) is 86.5 cm³/mol. The smallest absolute Gasteiger partial charge is 0.127 e. The Morgan fingerprint density at radius 1 is 1.20 bits per heavy atom. The van der Waals surface area contributed by atoms with Crippen LogP contribution in [0.2, 0.25) is 0 Å². The molecule has 20 heavy (non-hydrogen) atoms. The Hall–Kier alpha value is -2.28. The molecule has 0 unspecified atom stereocenters. The quantitative estimate of drug-likeness (QED) is 0.757. The molecule has 1 aliphatic heterocycles. The van der Waals surface area contributed by atoms with Gasteiger partial charge in [-0.3, -0.25) is 0 Å². The van der Waals surface area contributed by atoms with Crippen LogP contribution in [0.3, 0.4) is 0 Å². The maximum Gasteiger partial charge on any atom is 0.127 e. The fourth-order valence-corrected chi connectivity index (χ4v) is 2.26. The molecule has 0 spiro atoms. The molecule has 0 aromatic heterocycles. The van der Waals surface area contributed by atoms with E-state index < -0.39 is 0 Å². The molecule has 1 saturated heterocycles. The lowest BCUT2D eigenvalue weighted by Crippen LogP contribution is -2.30. The third-order valence-electron chi connectivity index (χ3n) is 3.36. The van der Waals surface area contributed by atoms with Crippen molar-refractivity contribution in [3.05, 3.63) is 82.5 Å². The summed E-state index contributed by atoms with van der Waals surface area (Å²) < 4.78 is 5.80. The molecule has 0 amide bonds. The number of allylic oxidation sites excluding steroid dienone is 3. The van der Waals surface area contributed by atoms with Crippen molar-refractivity contribution in [3.63, 3.8) is 0 Å². The van der Waals surface area contributed by atoms with E-state index in [9.17, 15) is 0 Å². The highest BCUT2D eigenvalue weighted by atomic mass is 16.5. The summed E-state index contributed by atoms with van der Waals surface area (Å²) in [7, 11) is 0. The highest BCUT2D eigenvalue weighted by Gasteiger charge is 2.19. The fourth-order valence-electron chi connectivity index (χ4n) is 2.26. The number of aryl methyl sites for hydroxylation is 1. The highest BCUT2D eigenvalue weighted by Crippen LogP contribution is 2.30. The highest BCUT2D eigenvalue weighted by molar-refractivity contribution is 5.75. The van der Waals surface area contributed by atoms with E-state index in [0.717, 1.165) is 38.5 Å². The van der Waals surface area contributed by atoms with Crippen LogP contribution in [0.1, 0.15) is 12.5 Å². The van der Waals surface area contributed by atoms with Crippen LogP contribution in [-0.2, 0) is 4.74 Å². The third kappa shape index (κ3) is 2.67. The van der Waals surface area contributed by atoms with Gasteiger partial charge in [-0.2, -0.15) is 0 Å². The van der Waals surface area contributed by atoms with Gasteiger partial charge < -0.3 is 4.74 Å². The predicted octanol–water partition coefficient (Wildman–Crippen LogP) is 3.16. The molecular weight excluding hydrogens is 244 g/mol. The van der Waals surface area contributed by atoms with Crippen molar-refractivity contribution in [1.29, 1.82) is 0 Å². The molecule has 0 aliphatic carbocycles. The third-order valence-corrected chi connectivity index (χ3v) is 3.36. The van der Waals surface area contributed by atoms with E-state index in [1.54, 1.807) is 0 Å². The van der Waals surface area contributed by atoms with Crippen LogP contribution in [0.25, 0.3) is 12.2 Å². The van der Waals surface area contributed by atoms with Crippen LogP contribution < -0.4 is 10.4 Å². The van der Waals surface area contributed by atoms with Gasteiger partial charge in [0.2, 0.25) is 0 Å². The first kappa shape index (κ1) is 14.1. The minimum atomic E-state index is 0.489. The molecule has 1 aromatic carbocycles. The summed E-state index contributed by atoms with van der Waals surface area (Å²) in [5.74, 6) is 0.754. The topological polar surface area (TPSA) is 9.23 Å². The van der Waals surface area contributed by atoms with Crippen molar-refractivity contribution in [1.82, 2.24) is 0 Å². The van der Waals surface area contributed by atoms with Gasteiger partial charge in [0.1, 0.15) is 12.4 Å². The van der Waals surface area contributed by atoms with Crippen molar-refractivity contribution in [2.75, 3.05) is 6.61 Å². The Bertz CT molecular complexity index is 744. The number of rotatable bonds is 1. The van der Waals surface area contributed by atoms with Gasteiger partial charge in [0.25, 0.3) is 0 Å². The van der Waals surface area contributed by atoms with Crippen molar-refractivity contribution in [2.45, 2.75) is 13.8 Å². The molecule has 1 fully saturated rings. The summed E-state index contributed by atoms with van der Waals surface area (Å²) in [6.45, 7) is 20.7. The molecule has 0 atom stereocenters. The number of benzene rings is 1. The van der Waals surface area contributed by atoms with E-state index in [-0.39, 0.29) is 0 Å². The molecule has 1 aromatic rings. The lowest BCUT2D eigenvalue weighted by molar-refractivity contribution is 0.255. The van der Waals surface area contributed by atoms with E-state index >= 15 is 0 Å². The van der Waals surface area contributed by atoms with Crippen LogP contribution in [-0.4, -0.2) is 6.61 Å². The second-order valence-electron chi connectivity index (χ2n) is 5.24. The van der Waals surface area contributed by atoms with Gasteiger partial charge in [-0.25, -0.2) is 0 Å². The number of ether oxygens (including phenoxy) is 1. The average molecular weight is 264 g/mol. The van der Waals surface area contributed by atoms with Crippen LogP contribution in [0, 0.1) is 6.92 Å². The molecule has 0 radical (unpaired) electrons. The molecule has 0 bridgehead atoms. The maximum absolute atomic E-state index is 5.80. The molecule has 1 nitrogen and oxygen atoms in total.